The first kappa shape index (κ1) is 18.0. The lowest BCUT2D eigenvalue weighted by Gasteiger charge is -2.16. The van der Waals surface area contributed by atoms with Gasteiger partial charge < -0.3 is 4.74 Å². The van der Waals surface area contributed by atoms with Crippen molar-refractivity contribution in [2.24, 2.45) is 5.92 Å². The van der Waals surface area contributed by atoms with Gasteiger partial charge in [-0.1, -0.05) is 13.8 Å². The van der Waals surface area contributed by atoms with E-state index in [-0.39, 0.29) is 16.6 Å². The zero-order valence-electron chi connectivity index (χ0n) is 12.9. The highest BCUT2D eigenvalue weighted by Crippen LogP contribution is 2.25. The van der Waals surface area contributed by atoms with E-state index in [2.05, 4.69) is 0 Å². The first-order valence-electron chi connectivity index (χ1n) is 6.79. The lowest BCUT2D eigenvalue weighted by atomic mass is 10.1. The molecule has 1 unspecified atom stereocenters. The Morgan fingerprint density at radius 2 is 1.81 bits per heavy atom. The van der Waals surface area contributed by atoms with Crippen molar-refractivity contribution in [1.82, 2.24) is 0 Å². The molecule has 0 fully saturated rings. The lowest BCUT2D eigenvalue weighted by molar-refractivity contribution is 0.0299. The highest BCUT2D eigenvalue weighted by atomic mass is 35.7. The molecule has 1 atom stereocenters. The van der Waals surface area contributed by atoms with Gasteiger partial charge in [-0.25, -0.2) is 13.2 Å². The third kappa shape index (κ3) is 5.00. The molecule has 1 aromatic carbocycles. The Kier molecular flexibility index (Phi) is 5.82. The van der Waals surface area contributed by atoms with Gasteiger partial charge in [0.1, 0.15) is 0 Å². The molecule has 0 heterocycles. The summed E-state index contributed by atoms with van der Waals surface area (Å²) >= 11 is 0. The normalized spacial score (nSPS) is 13.3. The molecule has 4 nitrogen and oxygen atoms in total. The van der Waals surface area contributed by atoms with Crippen molar-refractivity contribution in [2.75, 3.05) is 0 Å². The number of hydrogen-bond acceptors (Lipinski definition) is 4. The highest BCUT2D eigenvalue weighted by molar-refractivity contribution is 8.13. The molecule has 6 heteroatoms. The molecule has 0 aliphatic heterocycles. The Balaban J connectivity index is 3.09. The van der Waals surface area contributed by atoms with Crippen molar-refractivity contribution >= 4 is 25.7 Å². The summed E-state index contributed by atoms with van der Waals surface area (Å²) in [5.41, 5.74) is 1.42. The van der Waals surface area contributed by atoms with Crippen LogP contribution in [0.3, 0.4) is 0 Å². The van der Waals surface area contributed by atoms with Crippen LogP contribution in [0, 0.1) is 19.8 Å². The molecule has 118 valence electrons. The number of aryl methyl sites for hydroxylation is 1. The maximum absolute atomic E-state index is 12.1. The molecule has 0 aromatic heterocycles. The number of carbonyl (C=O) groups excluding carboxylic acids is 1. The van der Waals surface area contributed by atoms with Gasteiger partial charge >= 0.3 is 5.97 Å². The molecule has 1 aromatic rings. The van der Waals surface area contributed by atoms with Gasteiger partial charge in [-0.2, -0.15) is 0 Å². The maximum Gasteiger partial charge on any atom is 0.338 e. The van der Waals surface area contributed by atoms with Crippen LogP contribution in [0.4, 0.5) is 0 Å². The number of halogens is 1. The number of ether oxygens (including phenoxy) is 1. The molecule has 0 radical (unpaired) electrons. The quantitative estimate of drug-likeness (QED) is 0.607. The molecule has 0 spiro atoms. The maximum atomic E-state index is 12.1. The third-order valence-corrected chi connectivity index (χ3v) is 4.68. The van der Waals surface area contributed by atoms with Gasteiger partial charge in [0.05, 0.1) is 16.6 Å². The summed E-state index contributed by atoms with van der Waals surface area (Å²) in [7, 11) is 1.51. The zero-order valence-corrected chi connectivity index (χ0v) is 14.5. The third-order valence-electron chi connectivity index (χ3n) is 3.23. The van der Waals surface area contributed by atoms with Gasteiger partial charge in [0.2, 0.25) is 0 Å². The first-order chi connectivity index (χ1) is 9.52. The number of rotatable bonds is 5. The number of benzene rings is 1. The van der Waals surface area contributed by atoms with Crippen LogP contribution >= 0.6 is 10.7 Å². The smallest absolute Gasteiger partial charge is 0.338 e. The van der Waals surface area contributed by atoms with Crippen molar-refractivity contribution < 1.29 is 17.9 Å². The topological polar surface area (TPSA) is 60.4 Å². The van der Waals surface area contributed by atoms with E-state index in [9.17, 15) is 13.2 Å². The molecule has 0 amide bonds. The predicted molar refractivity (Wildman–Crippen MR) is 83.3 cm³/mol. The van der Waals surface area contributed by atoms with Crippen LogP contribution in [-0.2, 0) is 13.8 Å². The van der Waals surface area contributed by atoms with Gasteiger partial charge in [0.15, 0.2) is 0 Å². The SMILES string of the molecule is Cc1cc(C(=O)OC(C)CC(C)C)cc(S(=O)(=O)Cl)c1C. The average molecular weight is 333 g/mol. The minimum absolute atomic E-state index is 0.0485. The monoisotopic (exact) mass is 332 g/mol. The van der Waals surface area contributed by atoms with E-state index in [0.717, 1.165) is 6.42 Å². The second-order valence-corrected chi connectivity index (χ2v) is 8.23. The molecular weight excluding hydrogens is 312 g/mol. The molecule has 0 aliphatic carbocycles. The van der Waals surface area contributed by atoms with Gasteiger partial charge in [-0.15, -0.1) is 0 Å². The summed E-state index contributed by atoms with van der Waals surface area (Å²) < 4.78 is 28.5. The molecule has 0 N–H and O–H groups in total. The molecule has 21 heavy (non-hydrogen) atoms. The number of hydrogen-bond donors (Lipinski definition) is 0. The van der Waals surface area contributed by atoms with Crippen molar-refractivity contribution in [2.45, 2.75) is 52.0 Å². The van der Waals surface area contributed by atoms with Crippen LogP contribution in [0.5, 0.6) is 0 Å². The second kappa shape index (κ2) is 6.79. The largest absolute Gasteiger partial charge is 0.459 e. The Labute approximate surface area is 130 Å². The summed E-state index contributed by atoms with van der Waals surface area (Å²) in [4.78, 5) is 12.1. The second-order valence-electron chi connectivity index (χ2n) is 5.70. The Hall–Kier alpha value is -1.07. The average Bonchev–Trinajstić information content (AvgIpc) is 2.29. The summed E-state index contributed by atoms with van der Waals surface area (Å²) in [5.74, 6) is -0.126. The Morgan fingerprint density at radius 3 is 2.29 bits per heavy atom. The van der Waals surface area contributed by atoms with E-state index < -0.39 is 15.0 Å². The van der Waals surface area contributed by atoms with Crippen LogP contribution in [0.25, 0.3) is 0 Å². The molecule has 0 saturated heterocycles. The van der Waals surface area contributed by atoms with Crippen molar-refractivity contribution in [1.29, 1.82) is 0 Å². The minimum Gasteiger partial charge on any atom is -0.459 e. The van der Waals surface area contributed by atoms with Crippen LogP contribution in [0.1, 0.15) is 48.7 Å². The van der Waals surface area contributed by atoms with E-state index in [1.165, 1.54) is 6.07 Å². The van der Waals surface area contributed by atoms with Crippen molar-refractivity contribution in [3.05, 3.63) is 28.8 Å². The van der Waals surface area contributed by atoms with Crippen molar-refractivity contribution in [3.8, 4) is 0 Å². The van der Waals surface area contributed by atoms with Crippen LogP contribution in [0.2, 0.25) is 0 Å². The summed E-state index contributed by atoms with van der Waals surface area (Å²) in [6, 6.07) is 2.89. The molecule has 0 saturated carbocycles. The Morgan fingerprint density at radius 1 is 1.24 bits per heavy atom. The summed E-state index contributed by atoms with van der Waals surface area (Å²) in [6.07, 6.45) is 0.521. The van der Waals surface area contributed by atoms with Crippen LogP contribution in [0.15, 0.2) is 17.0 Å². The molecule has 0 bridgehead atoms. The van der Waals surface area contributed by atoms with E-state index in [0.29, 0.717) is 17.0 Å². The van der Waals surface area contributed by atoms with E-state index in [1.54, 1.807) is 19.9 Å². The van der Waals surface area contributed by atoms with Crippen molar-refractivity contribution in [3.63, 3.8) is 0 Å². The minimum atomic E-state index is -3.90. The summed E-state index contributed by atoms with van der Waals surface area (Å²) in [5, 5.41) is 0. The molecule has 1 rings (SSSR count). The van der Waals surface area contributed by atoms with E-state index >= 15 is 0 Å². The Bertz CT molecular complexity index is 635. The van der Waals surface area contributed by atoms with E-state index in [1.807, 2.05) is 20.8 Å². The number of esters is 1. The fourth-order valence-corrected chi connectivity index (χ4v) is 3.44. The highest BCUT2D eigenvalue weighted by Gasteiger charge is 2.20. The lowest BCUT2D eigenvalue weighted by Crippen LogP contribution is -2.17. The van der Waals surface area contributed by atoms with E-state index in [4.69, 9.17) is 15.4 Å². The number of carbonyl (C=O) groups is 1. The fraction of sp³-hybridized carbons (Fsp3) is 0.533. The molecular formula is C15H21ClO4S. The molecule has 0 aliphatic rings. The predicted octanol–water partition coefficient (Wildman–Crippen LogP) is 3.82. The van der Waals surface area contributed by atoms with Gasteiger partial charge in [-0.05, 0) is 56.4 Å². The van der Waals surface area contributed by atoms with Crippen LogP contribution in [-0.4, -0.2) is 20.5 Å². The van der Waals surface area contributed by atoms with Gasteiger partial charge in [0, 0.05) is 10.7 Å². The van der Waals surface area contributed by atoms with Gasteiger partial charge in [0.25, 0.3) is 9.05 Å². The zero-order chi connectivity index (χ0) is 16.4. The standard InChI is InChI=1S/C15H21ClO4S/c1-9(2)6-11(4)20-15(17)13-7-10(3)12(5)14(8-13)21(16,18)19/h7-9,11H,6H2,1-5H3. The summed E-state index contributed by atoms with van der Waals surface area (Å²) in [6.45, 7) is 9.28. The van der Waals surface area contributed by atoms with Crippen LogP contribution < -0.4 is 0 Å². The fourth-order valence-electron chi connectivity index (χ4n) is 2.16. The van der Waals surface area contributed by atoms with Gasteiger partial charge in [-0.3, -0.25) is 0 Å². The first-order valence-corrected chi connectivity index (χ1v) is 9.10.